The van der Waals surface area contributed by atoms with Crippen LogP contribution in [-0.4, -0.2) is 46.2 Å². The quantitative estimate of drug-likeness (QED) is 0.861. The number of carbonyl (C=O) groups is 2. The summed E-state index contributed by atoms with van der Waals surface area (Å²) < 4.78 is 5.91. The number of nitrogens with zero attached hydrogens (tertiary/aromatic N) is 3. The van der Waals surface area contributed by atoms with Gasteiger partial charge in [0.15, 0.2) is 5.58 Å². The molecule has 0 radical (unpaired) electrons. The number of rotatable bonds is 3. The van der Waals surface area contributed by atoms with Crippen molar-refractivity contribution < 1.29 is 14.0 Å². The number of fused-ring (bicyclic) bond motifs is 1. The third kappa shape index (κ3) is 3.25. The molecule has 1 atom stereocenters. The minimum Gasteiger partial charge on any atom is -0.438 e. The lowest BCUT2D eigenvalue weighted by molar-refractivity contribution is -0.144. The molecule has 6 nitrogen and oxygen atoms in total. The third-order valence-corrected chi connectivity index (χ3v) is 5.17. The van der Waals surface area contributed by atoms with E-state index in [0.29, 0.717) is 25.4 Å². The summed E-state index contributed by atoms with van der Waals surface area (Å²) in [6.45, 7) is 1.56. The zero-order valence-corrected chi connectivity index (χ0v) is 14.3. The van der Waals surface area contributed by atoms with Crippen molar-refractivity contribution >= 4 is 22.9 Å². The topological polar surface area (TPSA) is 66.7 Å². The van der Waals surface area contributed by atoms with Crippen molar-refractivity contribution in [1.82, 2.24) is 14.8 Å². The van der Waals surface area contributed by atoms with E-state index in [1.54, 1.807) is 4.90 Å². The van der Waals surface area contributed by atoms with Gasteiger partial charge in [0.2, 0.25) is 17.7 Å². The number of aromatic nitrogens is 1. The maximum Gasteiger partial charge on any atom is 0.242 e. The molecule has 0 bridgehead atoms. The number of carbonyl (C=O) groups excluding carboxylic acids is 2. The molecule has 0 aliphatic carbocycles. The van der Waals surface area contributed by atoms with E-state index in [0.717, 1.165) is 43.2 Å². The summed E-state index contributed by atoms with van der Waals surface area (Å²) in [6, 6.07) is 7.54. The zero-order chi connectivity index (χ0) is 17.2. The van der Waals surface area contributed by atoms with E-state index in [1.165, 1.54) is 0 Å². The maximum absolute atomic E-state index is 12.9. The first-order valence-corrected chi connectivity index (χ1v) is 9.15. The molecule has 3 heterocycles. The van der Waals surface area contributed by atoms with Gasteiger partial charge in [-0.25, -0.2) is 4.98 Å². The predicted molar refractivity (Wildman–Crippen MR) is 92.7 cm³/mol. The minimum atomic E-state index is -0.131. The Hall–Kier alpha value is -2.37. The molecular weight excluding hydrogens is 318 g/mol. The monoisotopic (exact) mass is 341 g/mol. The maximum atomic E-state index is 12.9. The second kappa shape index (κ2) is 6.86. The lowest BCUT2D eigenvalue weighted by Gasteiger charge is -2.36. The molecule has 1 aromatic heterocycles. The van der Waals surface area contributed by atoms with E-state index >= 15 is 0 Å². The summed E-state index contributed by atoms with van der Waals surface area (Å²) in [5.41, 5.74) is 1.57. The van der Waals surface area contributed by atoms with Gasteiger partial charge in [0.05, 0.1) is 6.54 Å². The molecule has 1 aromatic carbocycles. The average molecular weight is 341 g/mol. The molecule has 4 rings (SSSR count). The van der Waals surface area contributed by atoms with Crippen LogP contribution in [0.2, 0.25) is 0 Å². The largest absolute Gasteiger partial charge is 0.438 e. The molecule has 1 unspecified atom stereocenters. The smallest absolute Gasteiger partial charge is 0.242 e. The number of amides is 2. The van der Waals surface area contributed by atoms with Crippen LogP contribution < -0.4 is 0 Å². The minimum absolute atomic E-state index is 0.00204. The van der Waals surface area contributed by atoms with Crippen LogP contribution in [0.3, 0.4) is 0 Å². The van der Waals surface area contributed by atoms with E-state index in [-0.39, 0.29) is 24.4 Å². The highest BCUT2D eigenvalue weighted by Crippen LogP contribution is 2.32. The number of likely N-dealkylation sites (tertiary alicyclic amines) is 2. The fraction of sp³-hybridized carbons (Fsp3) is 0.526. The van der Waals surface area contributed by atoms with Gasteiger partial charge in [-0.3, -0.25) is 9.59 Å². The second-order valence-corrected chi connectivity index (χ2v) is 6.89. The van der Waals surface area contributed by atoms with Gasteiger partial charge in [-0.1, -0.05) is 12.1 Å². The number of oxazole rings is 1. The summed E-state index contributed by atoms with van der Waals surface area (Å²) in [5.74, 6) is 0.705. The van der Waals surface area contributed by atoms with Crippen LogP contribution in [0.4, 0.5) is 0 Å². The Bertz CT molecular complexity index is 752. The first-order chi connectivity index (χ1) is 12.2. The molecule has 2 fully saturated rings. The van der Waals surface area contributed by atoms with Crippen molar-refractivity contribution in [2.75, 3.05) is 19.6 Å². The van der Waals surface area contributed by atoms with E-state index in [1.807, 2.05) is 29.2 Å². The number of benzene rings is 1. The first kappa shape index (κ1) is 16.1. The molecule has 2 aromatic rings. The Balaban J connectivity index is 1.53. The van der Waals surface area contributed by atoms with Gasteiger partial charge in [-0.05, 0) is 44.2 Å². The van der Waals surface area contributed by atoms with Gasteiger partial charge < -0.3 is 14.2 Å². The Morgan fingerprint density at radius 2 is 2.00 bits per heavy atom. The summed E-state index contributed by atoms with van der Waals surface area (Å²) in [5, 5.41) is 0. The fourth-order valence-corrected chi connectivity index (χ4v) is 3.80. The Kier molecular flexibility index (Phi) is 4.42. The number of para-hydroxylation sites is 2. The zero-order valence-electron chi connectivity index (χ0n) is 14.3. The van der Waals surface area contributed by atoms with Crippen LogP contribution in [0.5, 0.6) is 0 Å². The van der Waals surface area contributed by atoms with Gasteiger partial charge in [0.25, 0.3) is 0 Å². The SMILES string of the molecule is O=C1CCCCN1CC(=O)N1CCCCC1c1nc2ccccc2o1. The molecule has 25 heavy (non-hydrogen) atoms. The normalized spacial score (nSPS) is 21.8. The van der Waals surface area contributed by atoms with Crippen molar-refractivity contribution in [3.05, 3.63) is 30.2 Å². The molecule has 0 N–H and O–H groups in total. The van der Waals surface area contributed by atoms with Crippen molar-refractivity contribution in [2.45, 2.75) is 44.6 Å². The van der Waals surface area contributed by atoms with Crippen LogP contribution in [0.15, 0.2) is 28.7 Å². The van der Waals surface area contributed by atoms with Crippen LogP contribution in [0.25, 0.3) is 11.1 Å². The highest BCUT2D eigenvalue weighted by Gasteiger charge is 2.33. The summed E-state index contributed by atoms with van der Waals surface area (Å²) >= 11 is 0. The van der Waals surface area contributed by atoms with Gasteiger partial charge in [0.1, 0.15) is 11.6 Å². The van der Waals surface area contributed by atoms with Crippen molar-refractivity contribution in [3.63, 3.8) is 0 Å². The molecule has 0 spiro atoms. The van der Waals surface area contributed by atoms with E-state index in [2.05, 4.69) is 4.98 Å². The molecular formula is C19H23N3O3. The number of piperidine rings is 2. The molecule has 132 valence electrons. The van der Waals surface area contributed by atoms with Crippen molar-refractivity contribution in [1.29, 1.82) is 0 Å². The summed E-state index contributed by atoms with van der Waals surface area (Å²) in [6.07, 6.45) is 5.35. The Morgan fingerprint density at radius 3 is 2.84 bits per heavy atom. The van der Waals surface area contributed by atoms with E-state index in [9.17, 15) is 9.59 Å². The van der Waals surface area contributed by atoms with Gasteiger partial charge in [-0.15, -0.1) is 0 Å². The van der Waals surface area contributed by atoms with E-state index in [4.69, 9.17) is 4.42 Å². The van der Waals surface area contributed by atoms with Crippen molar-refractivity contribution in [3.8, 4) is 0 Å². The molecule has 2 aliphatic heterocycles. The van der Waals surface area contributed by atoms with Crippen LogP contribution in [0.1, 0.15) is 50.5 Å². The van der Waals surface area contributed by atoms with Crippen molar-refractivity contribution in [2.24, 2.45) is 0 Å². The number of hydrogen-bond donors (Lipinski definition) is 0. The highest BCUT2D eigenvalue weighted by atomic mass is 16.3. The molecule has 0 saturated carbocycles. The third-order valence-electron chi connectivity index (χ3n) is 5.17. The predicted octanol–water partition coefficient (Wildman–Crippen LogP) is 2.89. The Labute approximate surface area is 146 Å². The first-order valence-electron chi connectivity index (χ1n) is 9.15. The van der Waals surface area contributed by atoms with Crippen LogP contribution in [-0.2, 0) is 9.59 Å². The molecule has 6 heteroatoms. The fourth-order valence-electron chi connectivity index (χ4n) is 3.80. The van der Waals surface area contributed by atoms with Crippen LogP contribution in [0, 0.1) is 0 Å². The summed E-state index contributed by atoms with van der Waals surface area (Å²) in [4.78, 5) is 33.0. The van der Waals surface area contributed by atoms with E-state index < -0.39 is 0 Å². The van der Waals surface area contributed by atoms with Crippen LogP contribution >= 0.6 is 0 Å². The summed E-state index contributed by atoms with van der Waals surface area (Å²) in [7, 11) is 0. The lowest BCUT2D eigenvalue weighted by Crippen LogP contribution is -2.47. The average Bonchev–Trinajstić information content (AvgIpc) is 3.07. The standard InChI is InChI=1S/C19H23N3O3/c23-17-10-4-5-11-21(17)13-18(24)22-12-6-3-8-15(22)19-20-14-7-1-2-9-16(14)25-19/h1-2,7,9,15H,3-6,8,10-13H2. The lowest BCUT2D eigenvalue weighted by atomic mass is 10.0. The van der Waals surface area contributed by atoms with Gasteiger partial charge in [0, 0.05) is 19.5 Å². The number of hydrogen-bond acceptors (Lipinski definition) is 4. The van der Waals surface area contributed by atoms with Gasteiger partial charge >= 0.3 is 0 Å². The van der Waals surface area contributed by atoms with Gasteiger partial charge in [-0.2, -0.15) is 0 Å². The Morgan fingerprint density at radius 1 is 1.16 bits per heavy atom. The second-order valence-electron chi connectivity index (χ2n) is 6.89. The molecule has 2 saturated heterocycles. The molecule has 2 aliphatic rings. The molecule has 2 amide bonds. The highest BCUT2D eigenvalue weighted by molar-refractivity contribution is 5.85.